The number of amides is 1. The highest BCUT2D eigenvalue weighted by Gasteiger charge is 2.31. The van der Waals surface area contributed by atoms with Crippen molar-refractivity contribution in [1.29, 1.82) is 0 Å². The van der Waals surface area contributed by atoms with E-state index in [0.29, 0.717) is 36.0 Å². The van der Waals surface area contributed by atoms with E-state index in [2.05, 4.69) is 32.2 Å². The van der Waals surface area contributed by atoms with Gasteiger partial charge in [-0.2, -0.15) is 0 Å². The van der Waals surface area contributed by atoms with Crippen LogP contribution in [0.5, 0.6) is 0 Å². The molecule has 0 bridgehead atoms. The lowest BCUT2D eigenvalue weighted by Gasteiger charge is -2.24. The van der Waals surface area contributed by atoms with Gasteiger partial charge in [-0.15, -0.1) is 0 Å². The van der Waals surface area contributed by atoms with Crippen LogP contribution >= 0.6 is 11.6 Å². The van der Waals surface area contributed by atoms with Crippen molar-refractivity contribution in [3.63, 3.8) is 0 Å². The highest BCUT2D eigenvalue weighted by atomic mass is 35.5. The normalized spacial score (nSPS) is 20.9. The molecule has 1 aliphatic carbocycles. The van der Waals surface area contributed by atoms with Crippen LogP contribution in [-0.4, -0.2) is 56.3 Å². The van der Waals surface area contributed by atoms with Gasteiger partial charge in [-0.3, -0.25) is 9.78 Å². The maximum Gasteiger partial charge on any atom is 0.228 e. The van der Waals surface area contributed by atoms with Gasteiger partial charge in [-0.05, 0) is 56.1 Å². The van der Waals surface area contributed by atoms with Gasteiger partial charge in [0.1, 0.15) is 5.82 Å². The van der Waals surface area contributed by atoms with Gasteiger partial charge in [0, 0.05) is 55.2 Å². The first-order valence-corrected chi connectivity index (χ1v) is 14.7. The number of halogens is 1. The molecule has 1 saturated carbocycles. The van der Waals surface area contributed by atoms with Crippen molar-refractivity contribution in [2.24, 2.45) is 11.8 Å². The summed E-state index contributed by atoms with van der Waals surface area (Å²) in [6.07, 6.45) is 10.9. The number of anilines is 2. The number of rotatable bonds is 9. The van der Waals surface area contributed by atoms with Crippen molar-refractivity contribution in [2.45, 2.75) is 51.5 Å². The van der Waals surface area contributed by atoms with Crippen LogP contribution in [0.4, 0.5) is 11.5 Å². The summed E-state index contributed by atoms with van der Waals surface area (Å²) in [5, 5.41) is 6.94. The molecule has 0 spiro atoms. The molecule has 1 amide bonds. The summed E-state index contributed by atoms with van der Waals surface area (Å²) in [4.78, 5) is 21.6. The van der Waals surface area contributed by atoms with E-state index in [-0.39, 0.29) is 17.9 Å². The van der Waals surface area contributed by atoms with Crippen LogP contribution < -0.4 is 15.4 Å². The Morgan fingerprint density at radius 2 is 1.92 bits per heavy atom. The minimum Gasteiger partial charge on any atom is -0.383 e. The number of hydrogen-bond donors (Lipinski definition) is 3. The Morgan fingerprint density at radius 3 is 2.64 bits per heavy atom. The summed E-state index contributed by atoms with van der Waals surface area (Å²) in [6.45, 7) is 4.57. The predicted molar refractivity (Wildman–Crippen MR) is 142 cm³/mol. The smallest absolute Gasteiger partial charge is 0.228 e. The molecule has 0 radical (unpaired) electrons. The molecular formula is C25H34ClN5O4S. The van der Waals surface area contributed by atoms with Crippen LogP contribution in [0.2, 0.25) is 5.02 Å². The van der Waals surface area contributed by atoms with E-state index in [0.717, 1.165) is 67.7 Å². The molecule has 2 aliphatic rings. The minimum atomic E-state index is -3.30. The molecule has 2 aromatic rings. The molecule has 36 heavy (non-hydrogen) atoms. The van der Waals surface area contributed by atoms with E-state index in [4.69, 9.17) is 16.3 Å². The molecule has 1 aliphatic heterocycles. The lowest BCUT2D eigenvalue weighted by molar-refractivity contribution is -0.119. The Labute approximate surface area is 217 Å². The zero-order chi connectivity index (χ0) is 25.7. The molecule has 11 heteroatoms. The van der Waals surface area contributed by atoms with Crippen molar-refractivity contribution in [1.82, 2.24) is 14.7 Å². The highest BCUT2D eigenvalue weighted by molar-refractivity contribution is 7.88. The fourth-order valence-electron chi connectivity index (χ4n) is 5.03. The monoisotopic (exact) mass is 535 g/mol. The summed E-state index contributed by atoms with van der Waals surface area (Å²) in [5.41, 5.74) is 3.74. The zero-order valence-electron chi connectivity index (χ0n) is 20.7. The lowest BCUT2D eigenvalue weighted by atomic mass is 9.97. The molecule has 4 rings (SSSR count). The average Bonchev–Trinajstić information content (AvgIpc) is 3.31. The van der Waals surface area contributed by atoms with E-state index in [9.17, 15) is 13.2 Å². The van der Waals surface area contributed by atoms with Gasteiger partial charge >= 0.3 is 0 Å². The van der Waals surface area contributed by atoms with Gasteiger partial charge in [-0.1, -0.05) is 18.5 Å². The van der Waals surface area contributed by atoms with E-state index in [1.54, 1.807) is 12.3 Å². The first kappa shape index (κ1) is 26.8. The number of nitrogens with zero attached hydrogens (tertiary/aromatic N) is 2. The quantitative estimate of drug-likeness (QED) is 0.445. The van der Waals surface area contributed by atoms with Crippen LogP contribution in [0, 0.1) is 11.8 Å². The molecular weight excluding hydrogens is 502 g/mol. The van der Waals surface area contributed by atoms with Gasteiger partial charge in [0.2, 0.25) is 15.9 Å². The number of aromatic nitrogens is 2. The topological polar surface area (TPSA) is 122 Å². The van der Waals surface area contributed by atoms with E-state index < -0.39 is 10.0 Å². The molecule has 3 N–H and O–H groups in total. The van der Waals surface area contributed by atoms with Gasteiger partial charge in [0.25, 0.3) is 0 Å². The first-order valence-electron chi connectivity index (χ1n) is 12.5. The molecule has 196 valence electrons. The summed E-state index contributed by atoms with van der Waals surface area (Å²) < 4.78 is 31.1. The van der Waals surface area contributed by atoms with Gasteiger partial charge in [0.15, 0.2) is 0 Å². The molecule has 2 atom stereocenters. The number of nitrogens with one attached hydrogen (secondary N) is 3. The van der Waals surface area contributed by atoms with Crippen LogP contribution in [0.1, 0.15) is 44.6 Å². The number of carbonyl (C=O) groups excluding carboxylic acids is 1. The fraction of sp³-hybridized carbons (Fsp3) is 0.560. The van der Waals surface area contributed by atoms with Crippen molar-refractivity contribution in [3.05, 3.63) is 35.2 Å². The third-order valence-corrected chi connectivity index (χ3v) is 7.98. The Kier molecular flexibility index (Phi) is 8.82. The van der Waals surface area contributed by atoms with Crippen molar-refractivity contribution < 1.29 is 17.9 Å². The number of pyridine rings is 2. The van der Waals surface area contributed by atoms with Crippen LogP contribution in [0.3, 0.4) is 0 Å². The van der Waals surface area contributed by atoms with Crippen molar-refractivity contribution in [3.8, 4) is 11.1 Å². The van der Waals surface area contributed by atoms with Crippen LogP contribution in [0.15, 0.2) is 24.7 Å². The third-order valence-electron chi connectivity index (χ3n) is 6.91. The van der Waals surface area contributed by atoms with Gasteiger partial charge < -0.3 is 15.4 Å². The number of carbonyl (C=O) groups is 1. The number of ether oxygens (including phenoxy) is 1. The fourth-order valence-corrected chi connectivity index (χ4v) is 6.05. The molecule has 0 aromatic carbocycles. The predicted octanol–water partition coefficient (Wildman–Crippen LogP) is 3.85. The Hall–Kier alpha value is -2.27. The SMILES string of the molecule is CCc1c(NCC2CCOCC2)cncc1-c1cc(NC(=O)C2CCC(NS(C)(=O)=O)C2)ncc1Cl. The van der Waals surface area contributed by atoms with Gasteiger partial charge in [0.05, 0.1) is 23.2 Å². The van der Waals surface area contributed by atoms with Crippen LogP contribution in [0.25, 0.3) is 11.1 Å². The Bertz CT molecular complexity index is 1190. The standard InChI is InChI=1S/C25H34ClN5O4S/c1-3-19-21(13-27-15-23(19)28-12-16-6-8-35-9-7-16)20-11-24(29-14-22(20)26)30-25(32)17-4-5-18(10-17)31-36(2,33)34/h11,13-18,28,31H,3-10,12H2,1-2H3,(H,29,30,32). The second-order valence-corrected chi connectivity index (χ2v) is 11.8. The van der Waals surface area contributed by atoms with Crippen molar-refractivity contribution in [2.75, 3.05) is 36.6 Å². The molecule has 2 unspecified atom stereocenters. The second kappa shape index (κ2) is 11.9. The number of sulfonamides is 1. The molecule has 1 saturated heterocycles. The maximum absolute atomic E-state index is 12.9. The molecule has 9 nitrogen and oxygen atoms in total. The summed E-state index contributed by atoms with van der Waals surface area (Å²) >= 11 is 6.55. The third kappa shape index (κ3) is 6.94. The largest absolute Gasteiger partial charge is 0.383 e. The summed E-state index contributed by atoms with van der Waals surface area (Å²) in [6, 6.07) is 1.55. The Balaban J connectivity index is 1.48. The maximum atomic E-state index is 12.9. The van der Waals surface area contributed by atoms with Crippen LogP contribution in [-0.2, 0) is 26.0 Å². The van der Waals surface area contributed by atoms with E-state index >= 15 is 0 Å². The van der Waals surface area contributed by atoms with E-state index in [1.807, 2.05) is 6.20 Å². The zero-order valence-corrected chi connectivity index (χ0v) is 22.3. The first-order chi connectivity index (χ1) is 17.2. The highest BCUT2D eigenvalue weighted by Crippen LogP contribution is 2.35. The summed E-state index contributed by atoms with van der Waals surface area (Å²) in [5.74, 6) is 0.521. The molecule has 2 aromatic heterocycles. The average molecular weight is 536 g/mol. The number of hydrogen-bond acceptors (Lipinski definition) is 7. The van der Waals surface area contributed by atoms with Crippen molar-refractivity contribution >= 4 is 39.0 Å². The minimum absolute atomic E-state index is 0.172. The molecule has 3 heterocycles. The Morgan fingerprint density at radius 1 is 1.14 bits per heavy atom. The van der Waals surface area contributed by atoms with E-state index in [1.165, 1.54) is 6.20 Å². The molecule has 2 fully saturated rings. The lowest BCUT2D eigenvalue weighted by Crippen LogP contribution is -2.32. The summed E-state index contributed by atoms with van der Waals surface area (Å²) in [7, 11) is -3.30. The second-order valence-electron chi connectivity index (χ2n) is 9.64. The van der Waals surface area contributed by atoms with Gasteiger partial charge in [-0.25, -0.2) is 18.1 Å².